The number of piperazine rings is 1. The van der Waals surface area contributed by atoms with Crippen molar-refractivity contribution in [1.29, 1.82) is 0 Å². The van der Waals surface area contributed by atoms with Crippen molar-refractivity contribution in [2.24, 2.45) is 0 Å². The van der Waals surface area contributed by atoms with Gasteiger partial charge in [0.25, 0.3) is 0 Å². The average molecular weight is 527 g/mol. The largest absolute Gasteiger partial charge is 0.497 e. The quantitative estimate of drug-likeness (QED) is 0.484. The summed E-state index contributed by atoms with van der Waals surface area (Å²) in [6.07, 6.45) is 0.481. The number of amides is 4. The number of fused-ring (bicyclic) bond motifs is 1. The zero-order valence-electron chi connectivity index (χ0n) is 22.0. The van der Waals surface area contributed by atoms with E-state index in [9.17, 15) is 18.8 Å². The Bertz CT molecular complexity index is 1130. The maximum absolute atomic E-state index is 13.6. The summed E-state index contributed by atoms with van der Waals surface area (Å²) >= 11 is 0. The molecule has 2 aliphatic heterocycles. The third-order valence-corrected chi connectivity index (χ3v) is 6.94. The summed E-state index contributed by atoms with van der Waals surface area (Å²) in [5.74, 6) is 0.00981. The summed E-state index contributed by atoms with van der Waals surface area (Å²) in [4.78, 5) is 43.5. The van der Waals surface area contributed by atoms with Gasteiger partial charge in [-0.1, -0.05) is 24.3 Å². The molecule has 0 saturated carbocycles. The molecular formula is C27H35FN6O4. The van der Waals surface area contributed by atoms with Crippen LogP contribution in [0, 0.1) is 5.82 Å². The highest BCUT2D eigenvalue weighted by Gasteiger charge is 2.50. The number of urea groups is 1. The van der Waals surface area contributed by atoms with Crippen molar-refractivity contribution >= 4 is 17.8 Å². The summed E-state index contributed by atoms with van der Waals surface area (Å²) in [5, 5.41) is 9.15. The molecule has 4 rings (SSSR count). The van der Waals surface area contributed by atoms with Crippen LogP contribution >= 0.6 is 0 Å². The Morgan fingerprint density at radius 1 is 1.08 bits per heavy atom. The van der Waals surface area contributed by atoms with Gasteiger partial charge in [0, 0.05) is 20.1 Å². The lowest BCUT2D eigenvalue weighted by Crippen LogP contribution is -2.75. The molecule has 2 heterocycles. The molecule has 11 heteroatoms. The second-order valence-corrected chi connectivity index (χ2v) is 9.56. The summed E-state index contributed by atoms with van der Waals surface area (Å²) in [6, 6.07) is 12.3. The molecule has 4 amide bonds. The average Bonchev–Trinajstić information content (AvgIpc) is 2.91. The molecule has 2 atom stereocenters. The van der Waals surface area contributed by atoms with Crippen LogP contribution in [0.25, 0.3) is 0 Å². The van der Waals surface area contributed by atoms with Crippen LogP contribution in [0.1, 0.15) is 24.0 Å². The summed E-state index contributed by atoms with van der Waals surface area (Å²) in [6.45, 7) is 1.37. The van der Waals surface area contributed by atoms with Crippen LogP contribution < -0.4 is 15.4 Å². The number of hydrazine groups is 1. The first kappa shape index (κ1) is 27.3. The molecule has 2 fully saturated rings. The van der Waals surface area contributed by atoms with Crippen LogP contribution in [-0.4, -0.2) is 90.7 Å². The molecule has 2 aliphatic rings. The number of carbonyl (C=O) groups is 3. The van der Waals surface area contributed by atoms with E-state index in [2.05, 4.69) is 10.6 Å². The Morgan fingerprint density at radius 2 is 1.76 bits per heavy atom. The molecule has 38 heavy (non-hydrogen) atoms. The summed E-state index contributed by atoms with van der Waals surface area (Å²) in [7, 11) is 5.12. The van der Waals surface area contributed by atoms with E-state index in [-0.39, 0.29) is 49.8 Å². The molecular weight excluding hydrogens is 491 g/mol. The van der Waals surface area contributed by atoms with Crippen molar-refractivity contribution in [3.63, 3.8) is 0 Å². The normalized spacial score (nSPS) is 19.9. The van der Waals surface area contributed by atoms with E-state index in [1.54, 1.807) is 41.1 Å². The van der Waals surface area contributed by atoms with E-state index in [4.69, 9.17) is 4.74 Å². The van der Waals surface area contributed by atoms with Crippen LogP contribution in [0.5, 0.6) is 5.75 Å². The molecule has 0 aromatic heterocycles. The predicted octanol–water partition coefficient (Wildman–Crippen LogP) is 1.77. The molecule has 2 saturated heterocycles. The molecule has 0 bridgehead atoms. The Labute approximate surface area is 222 Å². The van der Waals surface area contributed by atoms with E-state index < -0.39 is 12.2 Å². The van der Waals surface area contributed by atoms with E-state index in [0.717, 1.165) is 16.9 Å². The number of ether oxygens (including phenoxy) is 1. The van der Waals surface area contributed by atoms with Crippen molar-refractivity contribution in [1.82, 2.24) is 30.5 Å². The first-order chi connectivity index (χ1) is 18.3. The Balaban J connectivity index is 1.57. The highest BCUT2D eigenvalue weighted by Crippen LogP contribution is 2.29. The molecule has 2 N–H and O–H groups in total. The SMILES string of the molecule is CNCCC[C@H]1C(=O)N(Cc2ccc(F)cc2)CC2N1C(=O)CN(C)N2C(=O)NCc1ccc(OC)cc1. The van der Waals surface area contributed by atoms with Gasteiger partial charge < -0.3 is 25.2 Å². The van der Waals surface area contributed by atoms with Gasteiger partial charge in [0.15, 0.2) is 0 Å². The first-order valence-electron chi connectivity index (χ1n) is 12.7. The third kappa shape index (κ3) is 6.05. The van der Waals surface area contributed by atoms with Crippen molar-refractivity contribution in [3.8, 4) is 5.75 Å². The molecule has 0 aliphatic carbocycles. The van der Waals surface area contributed by atoms with Gasteiger partial charge in [-0.2, -0.15) is 0 Å². The van der Waals surface area contributed by atoms with Crippen molar-refractivity contribution < 1.29 is 23.5 Å². The highest BCUT2D eigenvalue weighted by molar-refractivity contribution is 5.91. The number of likely N-dealkylation sites (N-methyl/N-ethyl adjacent to an activating group) is 1. The van der Waals surface area contributed by atoms with Gasteiger partial charge in [0.05, 0.1) is 20.2 Å². The van der Waals surface area contributed by atoms with Gasteiger partial charge in [0.2, 0.25) is 11.8 Å². The smallest absolute Gasteiger partial charge is 0.334 e. The number of nitrogens with one attached hydrogen (secondary N) is 2. The number of rotatable bonds is 9. The highest BCUT2D eigenvalue weighted by atomic mass is 19.1. The second kappa shape index (κ2) is 12.2. The van der Waals surface area contributed by atoms with Gasteiger partial charge in [-0.25, -0.2) is 19.2 Å². The molecule has 204 valence electrons. The Morgan fingerprint density at radius 3 is 2.42 bits per heavy atom. The van der Waals surface area contributed by atoms with E-state index in [0.29, 0.717) is 19.4 Å². The van der Waals surface area contributed by atoms with Crippen molar-refractivity contribution in [2.75, 3.05) is 40.8 Å². The standard InChI is InChI=1S/C27H35FN6O4/c1-29-14-4-5-23-26(36)32(16-20-6-10-21(28)11-7-20)17-24-33(23)25(35)18-31(2)34(24)27(37)30-15-19-8-12-22(38-3)13-9-19/h6-13,23-24,29H,4-5,14-18H2,1-3H3,(H,30,37)/t23-,24?/m0/s1. The van der Waals surface area contributed by atoms with Crippen LogP contribution in [0.4, 0.5) is 9.18 Å². The predicted molar refractivity (Wildman–Crippen MR) is 139 cm³/mol. The van der Waals surface area contributed by atoms with Crippen molar-refractivity contribution in [3.05, 3.63) is 65.5 Å². The van der Waals surface area contributed by atoms with Gasteiger partial charge in [-0.15, -0.1) is 0 Å². The second-order valence-electron chi connectivity index (χ2n) is 9.56. The number of hydrogen-bond acceptors (Lipinski definition) is 6. The molecule has 1 unspecified atom stereocenters. The topological polar surface area (TPSA) is 97.5 Å². The van der Waals surface area contributed by atoms with Crippen LogP contribution in [0.15, 0.2) is 48.5 Å². The minimum absolute atomic E-state index is 0.0137. The molecule has 0 spiro atoms. The Hall–Kier alpha value is -3.70. The molecule has 2 aromatic carbocycles. The van der Waals surface area contributed by atoms with E-state index in [1.807, 2.05) is 31.3 Å². The maximum atomic E-state index is 13.6. The lowest BCUT2D eigenvalue weighted by molar-refractivity contribution is -0.188. The van der Waals surface area contributed by atoms with Crippen LogP contribution in [0.3, 0.4) is 0 Å². The minimum Gasteiger partial charge on any atom is -0.497 e. The molecule has 0 radical (unpaired) electrons. The van der Waals surface area contributed by atoms with Crippen LogP contribution in [0.2, 0.25) is 0 Å². The van der Waals surface area contributed by atoms with Gasteiger partial charge in [0.1, 0.15) is 23.8 Å². The van der Waals surface area contributed by atoms with E-state index in [1.165, 1.54) is 17.1 Å². The minimum atomic E-state index is -0.694. The van der Waals surface area contributed by atoms with Gasteiger partial charge in [-0.3, -0.25) is 9.59 Å². The zero-order valence-corrected chi connectivity index (χ0v) is 22.0. The number of methoxy groups -OCH3 is 1. The Kier molecular flexibility index (Phi) is 8.80. The van der Waals surface area contributed by atoms with Gasteiger partial charge in [-0.05, 0) is 61.8 Å². The molecule has 2 aromatic rings. The first-order valence-corrected chi connectivity index (χ1v) is 12.7. The monoisotopic (exact) mass is 526 g/mol. The summed E-state index contributed by atoms with van der Waals surface area (Å²) < 4.78 is 18.7. The fourth-order valence-corrected chi connectivity index (χ4v) is 5.01. The fraction of sp³-hybridized carbons (Fsp3) is 0.444. The maximum Gasteiger partial charge on any atom is 0.334 e. The third-order valence-electron chi connectivity index (χ3n) is 6.94. The number of carbonyl (C=O) groups excluding carboxylic acids is 3. The lowest BCUT2D eigenvalue weighted by Gasteiger charge is -2.54. The fourth-order valence-electron chi connectivity index (χ4n) is 5.01. The van der Waals surface area contributed by atoms with E-state index >= 15 is 0 Å². The number of hydrogen-bond donors (Lipinski definition) is 2. The lowest BCUT2D eigenvalue weighted by atomic mass is 10.0. The number of benzene rings is 2. The number of nitrogens with zero attached hydrogens (tertiary/aromatic N) is 4. The number of halogens is 1. The zero-order chi connectivity index (χ0) is 27.2. The summed E-state index contributed by atoms with van der Waals surface area (Å²) in [5.41, 5.74) is 1.67. The van der Waals surface area contributed by atoms with Gasteiger partial charge >= 0.3 is 6.03 Å². The molecule has 10 nitrogen and oxygen atoms in total. The van der Waals surface area contributed by atoms with Crippen LogP contribution in [-0.2, 0) is 22.7 Å². The van der Waals surface area contributed by atoms with Crippen molar-refractivity contribution in [2.45, 2.75) is 38.1 Å².